The molecule has 3 rings (SSSR count). The first-order valence-corrected chi connectivity index (χ1v) is 6.86. The van der Waals surface area contributed by atoms with Gasteiger partial charge >= 0.3 is 0 Å². The van der Waals surface area contributed by atoms with Crippen LogP contribution >= 0.6 is 0 Å². The number of rotatable bonds is 3. The maximum Gasteiger partial charge on any atom is 0.126 e. The molecule has 2 N–H and O–H groups in total. The average molecular weight is 247 g/mol. The van der Waals surface area contributed by atoms with Gasteiger partial charge in [-0.15, -0.1) is 0 Å². The first-order valence-electron chi connectivity index (χ1n) is 6.86. The molecule has 0 saturated carbocycles. The van der Waals surface area contributed by atoms with Gasteiger partial charge in [-0.05, 0) is 18.5 Å². The van der Waals surface area contributed by atoms with Gasteiger partial charge in [-0.2, -0.15) is 0 Å². The van der Waals surface area contributed by atoms with E-state index in [1.165, 1.54) is 16.7 Å². The van der Waals surface area contributed by atoms with Crippen molar-refractivity contribution >= 4 is 0 Å². The molecule has 0 aromatic heterocycles. The lowest BCUT2D eigenvalue weighted by Crippen LogP contribution is -2.20. The molecule has 3 nitrogen and oxygen atoms in total. The molecule has 0 spiro atoms. The summed E-state index contributed by atoms with van der Waals surface area (Å²) in [5, 5.41) is 0. The van der Waals surface area contributed by atoms with E-state index in [1.54, 1.807) is 0 Å². The highest BCUT2D eigenvalue weighted by atomic mass is 16.5. The van der Waals surface area contributed by atoms with Crippen LogP contribution in [-0.4, -0.2) is 19.8 Å². The molecule has 1 aromatic rings. The third kappa shape index (κ3) is 1.69. The van der Waals surface area contributed by atoms with Gasteiger partial charge in [0.1, 0.15) is 11.5 Å². The Balaban J connectivity index is 2.17. The summed E-state index contributed by atoms with van der Waals surface area (Å²) < 4.78 is 11.6. The van der Waals surface area contributed by atoms with E-state index in [9.17, 15) is 0 Å². The zero-order valence-corrected chi connectivity index (χ0v) is 11.2. The van der Waals surface area contributed by atoms with Crippen LogP contribution in [0.2, 0.25) is 0 Å². The Kier molecular flexibility index (Phi) is 2.94. The second kappa shape index (κ2) is 4.47. The van der Waals surface area contributed by atoms with Crippen LogP contribution in [0.15, 0.2) is 6.07 Å². The molecule has 18 heavy (non-hydrogen) atoms. The van der Waals surface area contributed by atoms with E-state index in [0.717, 1.165) is 37.6 Å². The first-order chi connectivity index (χ1) is 8.72. The van der Waals surface area contributed by atoms with Crippen LogP contribution in [0.3, 0.4) is 0 Å². The average Bonchev–Trinajstić information content (AvgIpc) is 2.95. The van der Waals surface area contributed by atoms with Crippen molar-refractivity contribution < 1.29 is 9.47 Å². The molecule has 0 fully saturated rings. The maximum atomic E-state index is 6.00. The molecule has 0 aliphatic carbocycles. The Morgan fingerprint density at radius 3 is 2.72 bits per heavy atom. The molecule has 0 radical (unpaired) electrons. The summed E-state index contributed by atoms with van der Waals surface area (Å²) in [7, 11) is 0. The summed E-state index contributed by atoms with van der Waals surface area (Å²) in [5.74, 6) is 3.06. The van der Waals surface area contributed by atoms with Crippen molar-refractivity contribution in [3.8, 4) is 11.5 Å². The molecule has 1 atom stereocenters. The Labute approximate surface area is 108 Å². The predicted molar refractivity (Wildman–Crippen MR) is 71.5 cm³/mol. The quantitative estimate of drug-likeness (QED) is 0.891. The van der Waals surface area contributed by atoms with Gasteiger partial charge in [-0.1, -0.05) is 13.8 Å². The lowest BCUT2D eigenvalue weighted by molar-refractivity contribution is 0.346. The van der Waals surface area contributed by atoms with E-state index < -0.39 is 0 Å². The lowest BCUT2D eigenvalue weighted by Gasteiger charge is -2.24. The van der Waals surface area contributed by atoms with Gasteiger partial charge in [0, 0.05) is 35.4 Å². The molecule has 2 heterocycles. The summed E-state index contributed by atoms with van der Waals surface area (Å²) in [6.45, 7) is 6.72. The molecule has 2 aliphatic rings. The van der Waals surface area contributed by atoms with Gasteiger partial charge in [0.25, 0.3) is 0 Å². The highest BCUT2D eigenvalue weighted by molar-refractivity contribution is 5.58. The van der Waals surface area contributed by atoms with Gasteiger partial charge < -0.3 is 15.2 Å². The largest absolute Gasteiger partial charge is 0.493 e. The number of nitrogens with two attached hydrogens (primary N) is 1. The monoisotopic (exact) mass is 247 g/mol. The molecular weight excluding hydrogens is 226 g/mol. The topological polar surface area (TPSA) is 44.5 Å². The van der Waals surface area contributed by atoms with Crippen LogP contribution < -0.4 is 15.2 Å². The summed E-state index contributed by atoms with van der Waals surface area (Å²) in [6.07, 6.45) is 1.99. The summed E-state index contributed by atoms with van der Waals surface area (Å²) in [5.41, 5.74) is 9.96. The number of hydrogen-bond acceptors (Lipinski definition) is 3. The second-order valence-corrected chi connectivity index (χ2v) is 5.54. The van der Waals surface area contributed by atoms with Gasteiger partial charge in [-0.25, -0.2) is 0 Å². The fourth-order valence-corrected chi connectivity index (χ4v) is 3.14. The minimum atomic E-state index is 0.369. The molecule has 98 valence electrons. The predicted octanol–water partition coefficient (Wildman–Crippen LogP) is 2.25. The molecule has 2 aliphatic heterocycles. The van der Waals surface area contributed by atoms with E-state index in [0.29, 0.717) is 18.4 Å². The minimum Gasteiger partial charge on any atom is -0.493 e. The van der Waals surface area contributed by atoms with Crippen molar-refractivity contribution in [2.75, 3.05) is 19.8 Å². The van der Waals surface area contributed by atoms with Gasteiger partial charge in [0.05, 0.1) is 13.2 Å². The molecule has 3 heteroatoms. The van der Waals surface area contributed by atoms with E-state index in [4.69, 9.17) is 15.2 Å². The molecule has 0 amide bonds. The van der Waals surface area contributed by atoms with E-state index in [2.05, 4.69) is 19.9 Å². The van der Waals surface area contributed by atoms with Crippen molar-refractivity contribution in [1.29, 1.82) is 0 Å². The number of ether oxygens (including phenoxy) is 2. The Hall–Kier alpha value is -1.22. The van der Waals surface area contributed by atoms with E-state index in [-0.39, 0.29) is 0 Å². The smallest absolute Gasteiger partial charge is 0.126 e. The molecule has 1 aromatic carbocycles. The van der Waals surface area contributed by atoms with Crippen LogP contribution in [0, 0.1) is 5.92 Å². The fourth-order valence-electron chi connectivity index (χ4n) is 3.14. The summed E-state index contributed by atoms with van der Waals surface area (Å²) >= 11 is 0. The van der Waals surface area contributed by atoms with Crippen molar-refractivity contribution in [3.05, 3.63) is 22.8 Å². The van der Waals surface area contributed by atoms with E-state index in [1.807, 2.05) is 0 Å². The van der Waals surface area contributed by atoms with Gasteiger partial charge in [-0.3, -0.25) is 0 Å². The zero-order valence-electron chi connectivity index (χ0n) is 11.2. The molecule has 0 saturated heterocycles. The SMILES string of the molecule is CC(C)C(CN)c1c2c(cc3c1OCC3)OCC2. The zero-order chi connectivity index (χ0) is 12.7. The Morgan fingerprint density at radius 2 is 2.00 bits per heavy atom. The van der Waals surface area contributed by atoms with Crippen LogP contribution in [0.25, 0.3) is 0 Å². The van der Waals surface area contributed by atoms with Crippen molar-refractivity contribution in [3.63, 3.8) is 0 Å². The second-order valence-electron chi connectivity index (χ2n) is 5.54. The Morgan fingerprint density at radius 1 is 1.22 bits per heavy atom. The normalized spacial score (nSPS) is 18.2. The third-order valence-electron chi connectivity index (χ3n) is 4.12. The van der Waals surface area contributed by atoms with Crippen LogP contribution in [0.4, 0.5) is 0 Å². The first kappa shape index (κ1) is 11.8. The van der Waals surface area contributed by atoms with Crippen LogP contribution in [0.1, 0.15) is 36.5 Å². The standard InChI is InChI=1S/C15H21NO2/c1-9(2)12(8-16)14-11-4-6-17-13(11)7-10-3-5-18-15(10)14/h7,9,12H,3-6,8,16H2,1-2H3. The molecule has 0 bridgehead atoms. The van der Waals surface area contributed by atoms with Crippen LogP contribution in [0.5, 0.6) is 11.5 Å². The maximum absolute atomic E-state index is 6.00. The third-order valence-corrected chi connectivity index (χ3v) is 4.12. The van der Waals surface area contributed by atoms with E-state index >= 15 is 0 Å². The van der Waals surface area contributed by atoms with Crippen LogP contribution in [-0.2, 0) is 12.8 Å². The van der Waals surface area contributed by atoms with Crippen molar-refractivity contribution in [2.45, 2.75) is 32.6 Å². The highest BCUT2D eigenvalue weighted by Gasteiger charge is 2.31. The summed E-state index contributed by atoms with van der Waals surface area (Å²) in [4.78, 5) is 0. The number of fused-ring (bicyclic) bond motifs is 2. The summed E-state index contributed by atoms with van der Waals surface area (Å²) in [6, 6.07) is 2.17. The van der Waals surface area contributed by atoms with Crippen molar-refractivity contribution in [1.82, 2.24) is 0 Å². The highest BCUT2D eigenvalue weighted by Crippen LogP contribution is 2.45. The Bertz CT molecular complexity index is 436. The van der Waals surface area contributed by atoms with Gasteiger partial charge in [0.2, 0.25) is 0 Å². The molecular formula is C15H21NO2. The number of hydrogen-bond donors (Lipinski definition) is 1. The minimum absolute atomic E-state index is 0.369. The lowest BCUT2D eigenvalue weighted by atomic mass is 9.83. The van der Waals surface area contributed by atoms with Gasteiger partial charge in [0.15, 0.2) is 0 Å². The van der Waals surface area contributed by atoms with Crippen molar-refractivity contribution in [2.24, 2.45) is 11.7 Å². The molecule has 1 unspecified atom stereocenters. The number of benzene rings is 1. The fraction of sp³-hybridized carbons (Fsp3) is 0.600.